The molecule has 0 aliphatic carbocycles. The van der Waals surface area contributed by atoms with Crippen LogP contribution in [0.3, 0.4) is 0 Å². The van der Waals surface area contributed by atoms with Gasteiger partial charge in [-0.2, -0.15) is 0 Å². The lowest BCUT2D eigenvalue weighted by atomic mass is 10.2. The lowest BCUT2D eigenvalue weighted by molar-refractivity contribution is -0.127. The monoisotopic (exact) mass is 280 g/mol. The Labute approximate surface area is 120 Å². The number of carbonyl (C=O) groups excluding carboxylic acids is 1. The summed E-state index contributed by atoms with van der Waals surface area (Å²) in [7, 11) is 1.66. The zero-order valence-corrected chi connectivity index (χ0v) is 12.4. The molecule has 1 aromatic carbocycles. The van der Waals surface area contributed by atoms with Gasteiger partial charge in [-0.1, -0.05) is 17.7 Å². The van der Waals surface area contributed by atoms with E-state index in [0.717, 1.165) is 12.1 Å². The zero-order chi connectivity index (χ0) is 14.8. The molecule has 112 valence electrons. The first-order valence-electron chi connectivity index (χ1n) is 6.84. The van der Waals surface area contributed by atoms with Gasteiger partial charge in [-0.05, 0) is 26.0 Å². The van der Waals surface area contributed by atoms with Gasteiger partial charge < -0.3 is 20.1 Å². The highest BCUT2D eigenvalue weighted by atomic mass is 16.5. The van der Waals surface area contributed by atoms with E-state index in [1.54, 1.807) is 14.0 Å². The summed E-state index contributed by atoms with van der Waals surface area (Å²) < 4.78 is 10.5. The standard InChI is InChI=1S/C15H24N2O3/c1-12-4-6-14(7-5-12)20-13(2)15(18)17-9-8-16-10-11-19-3/h4-7,13,16H,8-11H2,1-3H3,(H,17,18). The molecule has 0 aromatic heterocycles. The van der Waals surface area contributed by atoms with E-state index < -0.39 is 6.10 Å². The van der Waals surface area contributed by atoms with Crippen LogP contribution < -0.4 is 15.4 Å². The Morgan fingerprint density at radius 3 is 2.55 bits per heavy atom. The largest absolute Gasteiger partial charge is 0.481 e. The number of aryl methyl sites for hydroxylation is 1. The molecule has 0 saturated carbocycles. The maximum atomic E-state index is 11.8. The molecule has 0 radical (unpaired) electrons. The summed E-state index contributed by atoms with van der Waals surface area (Å²) in [5, 5.41) is 5.98. The van der Waals surface area contributed by atoms with Crippen molar-refractivity contribution >= 4 is 5.91 Å². The highest BCUT2D eigenvalue weighted by molar-refractivity contribution is 5.80. The predicted octanol–water partition coefficient (Wildman–Crippen LogP) is 1.11. The Hall–Kier alpha value is -1.59. The fourth-order valence-corrected chi connectivity index (χ4v) is 1.59. The molecule has 5 heteroatoms. The van der Waals surface area contributed by atoms with Crippen molar-refractivity contribution in [3.8, 4) is 5.75 Å². The molecule has 5 nitrogen and oxygen atoms in total. The average molecular weight is 280 g/mol. The molecule has 0 aliphatic heterocycles. The van der Waals surface area contributed by atoms with Crippen LogP contribution in [0.4, 0.5) is 0 Å². The van der Waals surface area contributed by atoms with E-state index in [-0.39, 0.29) is 5.91 Å². The Balaban J connectivity index is 2.20. The molecule has 1 atom stereocenters. The summed E-state index contributed by atoms with van der Waals surface area (Å²) in [6.07, 6.45) is -0.503. The third-order valence-electron chi connectivity index (χ3n) is 2.79. The van der Waals surface area contributed by atoms with E-state index in [0.29, 0.717) is 25.4 Å². The van der Waals surface area contributed by atoms with Crippen molar-refractivity contribution in [2.45, 2.75) is 20.0 Å². The maximum Gasteiger partial charge on any atom is 0.260 e. The summed E-state index contributed by atoms with van der Waals surface area (Å²) in [5.74, 6) is 0.593. The number of amides is 1. The second kappa shape index (κ2) is 9.34. The van der Waals surface area contributed by atoms with Gasteiger partial charge in [0.1, 0.15) is 5.75 Å². The normalized spacial score (nSPS) is 11.9. The van der Waals surface area contributed by atoms with E-state index in [1.807, 2.05) is 31.2 Å². The van der Waals surface area contributed by atoms with E-state index in [9.17, 15) is 4.79 Å². The van der Waals surface area contributed by atoms with E-state index in [1.165, 1.54) is 0 Å². The summed E-state index contributed by atoms with van der Waals surface area (Å²) in [4.78, 5) is 11.8. The maximum absolute atomic E-state index is 11.8. The van der Waals surface area contributed by atoms with Gasteiger partial charge in [-0.25, -0.2) is 0 Å². The van der Waals surface area contributed by atoms with Gasteiger partial charge in [-0.3, -0.25) is 4.79 Å². The van der Waals surface area contributed by atoms with Crippen LogP contribution in [0.15, 0.2) is 24.3 Å². The number of benzene rings is 1. The highest BCUT2D eigenvalue weighted by Crippen LogP contribution is 2.13. The molecule has 0 spiro atoms. The number of hydrogen-bond acceptors (Lipinski definition) is 4. The Morgan fingerprint density at radius 1 is 1.20 bits per heavy atom. The summed E-state index contributed by atoms with van der Waals surface area (Å²) in [6, 6.07) is 7.65. The van der Waals surface area contributed by atoms with Crippen LogP contribution in [0.1, 0.15) is 12.5 Å². The molecular weight excluding hydrogens is 256 g/mol. The zero-order valence-electron chi connectivity index (χ0n) is 12.4. The minimum Gasteiger partial charge on any atom is -0.481 e. The van der Waals surface area contributed by atoms with Crippen LogP contribution in [0.25, 0.3) is 0 Å². The number of carbonyl (C=O) groups is 1. The van der Waals surface area contributed by atoms with Crippen LogP contribution in [0, 0.1) is 6.92 Å². The lowest BCUT2D eigenvalue weighted by Gasteiger charge is -2.15. The van der Waals surface area contributed by atoms with E-state index in [2.05, 4.69) is 10.6 Å². The molecule has 1 rings (SSSR count). The first-order valence-corrected chi connectivity index (χ1v) is 6.84. The highest BCUT2D eigenvalue weighted by Gasteiger charge is 2.13. The van der Waals surface area contributed by atoms with Crippen molar-refractivity contribution < 1.29 is 14.3 Å². The molecule has 20 heavy (non-hydrogen) atoms. The number of nitrogens with one attached hydrogen (secondary N) is 2. The molecular formula is C15H24N2O3. The fourth-order valence-electron chi connectivity index (χ4n) is 1.59. The van der Waals surface area contributed by atoms with Gasteiger partial charge in [-0.15, -0.1) is 0 Å². The first-order chi connectivity index (χ1) is 9.63. The van der Waals surface area contributed by atoms with Crippen molar-refractivity contribution in [2.75, 3.05) is 33.4 Å². The Kier molecular flexibility index (Phi) is 7.69. The topological polar surface area (TPSA) is 59.6 Å². The molecule has 2 N–H and O–H groups in total. The van der Waals surface area contributed by atoms with Crippen LogP contribution in [-0.2, 0) is 9.53 Å². The molecule has 1 amide bonds. The second-order valence-electron chi connectivity index (χ2n) is 4.61. The lowest BCUT2D eigenvalue weighted by Crippen LogP contribution is -2.40. The quantitative estimate of drug-likeness (QED) is 0.665. The van der Waals surface area contributed by atoms with E-state index in [4.69, 9.17) is 9.47 Å². The van der Waals surface area contributed by atoms with Gasteiger partial charge in [0.25, 0.3) is 5.91 Å². The number of hydrogen-bond donors (Lipinski definition) is 2. The van der Waals surface area contributed by atoms with Crippen LogP contribution >= 0.6 is 0 Å². The Bertz CT molecular complexity index is 393. The van der Waals surface area contributed by atoms with Crippen molar-refractivity contribution in [3.63, 3.8) is 0 Å². The van der Waals surface area contributed by atoms with Crippen LogP contribution in [-0.4, -0.2) is 45.4 Å². The molecule has 0 fully saturated rings. The van der Waals surface area contributed by atoms with Crippen molar-refractivity contribution in [2.24, 2.45) is 0 Å². The average Bonchev–Trinajstić information content (AvgIpc) is 2.45. The fraction of sp³-hybridized carbons (Fsp3) is 0.533. The summed E-state index contributed by atoms with van der Waals surface area (Å²) >= 11 is 0. The third-order valence-corrected chi connectivity index (χ3v) is 2.79. The molecule has 0 heterocycles. The molecule has 0 bridgehead atoms. The predicted molar refractivity (Wildman–Crippen MR) is 79.0 cm³/mol. The van der Waals surface area contributed by atoms with Crippen molar-refractivity contribution in [1.82, 2.24) is 10.6 Å². The van der Waals surface area contributed by atoms with Crippen LogP contribution in [0.2, 0.25) is 0 Å². The molecule has 1 unspecified atom stereocenters. The SMILES string of the molecule is COCCNCCNC(=O)C(C)Oc1ccc(C)cc1. The number of methoxy groups -OCH3 is 1. The van der Waals surface area contributed by atoms with E-state index >= 15 is 0 Å². The number of ether oxygens (including phenoxy) is 2. The van der Waals surface area contributed by atoms with Gasteiger partial charge in [0, 0.05) is 26.7 Å². The summed E-state index contributed by atoms with van der Waals surface area (Å²) in [5.41, 5.74) is 1.16. The molecule has 1 aromatic rings. The van der Waals surface area contributed by atoms with Crippen molar-refractivity contribution in [1.29, 1.82) is 0 Å². The minimum atomic E-state index is -0.503. The number of rotatable bonds is 9. The first kappa shape index (κ1) is 16.5. The minimum absolute atomic E-state index is 0.112. The van der Waals surface area contributed by atoms with Gasteiger partial charge in [0.15, 0.2) is 6.10 Å². The Morgan fingerprint density at radius 2 is 1.90 bits per heavy atom. The molecule has 0 saturated heterocycles. The third kappa shape index (κ3) is 6.54. The molecule has 0 aliphatic rings. The van der Waals surface area contributed by atoms with Crippen LogP contribution in [0.5, 0.6) is 5.75 Å². The van der Waals surface area contributed by atoms with Gasteiger partial charge in [0.05, 0.1) is 6.61 Å². The van der Waals surface area contributed by atoms with Gasteiger partial charge >= 0.3 is 0 Å². The smallest absolute Gasteiger partial charge is 0.260 e. The summed E-state index contributed by atoms with van der Waals surface area (Å²) in [6.45, 7) is 6.49. The second-order valence-corrected chi connectivity index (χ2v) is 4.61. The van der Waals surface area contributed by atoms with Crippen molar-refractivity contribution in [3.05, 3.63) is 29.8 Å². The van der Waals surface area contributed by atoms with Gasteiger partial charge in [0.2, 0.25) is 0 Å².